The van der Waals surface area contributed by atoms with Gasteiger partial charge in [0.25, 0.3) is 5.91 Å². The van der Waals surface area contributed by atoms with Crippen molar-refractivity contribution in [3.63, 3.8) is 0 Å². The molecule has 1 amide bonds. The number of carbonyl (C=O) groups excluding carboxylic acids is 2. The van der Waals surface area contributed by atoms with Gasteiger partial charge in [-0.15, -0.1) is 0 Å². The first-order chi connectivity index (χ1) is 23.4. The molecule has 12 heteroatoms. The first-order valence-corrected chi connectivity index (χ1v) is 17.9. The number of ether oxygens (including phenoxy) is 5. The van der Waals surface area contributed by atoms with Crippen molar-refractivity contribution in [1.29, 1.82) is 5.41 Å². The standard InChI is InChI=1S/C27H38N2O4.C10H10BrNO3S/c1-18(2)25(19(3)4)26(30)21-11-14-23(24(17-21)31-5)33-16-8-6-7-15-32-22-12-9-20(10-13-22)27(28)29;1-14-6-4-3-5(11)7-8(6)16-10(15-2)9(13)12-7/h9-14,17-19,25H,6-8,15-16H2,1-5H3,(H3,28,29);3-4,10H,1-2H3,(H,12,13). The van der Waals surface area contributed by atoms with Crippen LogP contribution < -0.4 is 30.0 Å². The molecule has 0 fully saturated rings. The van der Waals surface area contributed by atoms with Crippen LogP contribution in [0.3, 0.4) is 0 Å². The van der Waals surface area contributed by atoms with Gasteiger partial charge in [0.15, 0.2) is 22.7 Å². The second kappa shape index (κ2) is 19.4. The number of carbonyl (C=O) groups is 2. The number of rotatable bonds is 16. The van der Waals surface area contributed by atoms with Crippen molar-refractivity contribution in [3.8, 4) is 23.0 Å². The minimum absolute atomic E-state index is 0.0178. The zero-order chi connectivity index (χ0) is 36.1. The third kappa shape index (κ3) is 11.1. The molecule has 0 spiro atoms. The van der Waals surface area contributed by atoms with E-state index in [1.54, 1.807) is 32.4 Å². The van der Waals surface area contributed by atoms with E-state index in [1.165, 1.54) is 18.9 Å². The molecule has 10 nitrogen and oxygen atoms in total. The number of hydrogen-bond donors (Lipinski definition) is 3. The summed E-state index contributed by atoms with van der Waals surface area (Å²) in [4.78, 5) is 25.5. The Morgan fingerprint density at radius 1 is 0.857 bits per heavy atom. The summed E-state index contributed by atoms with van der Waals surface area (Å²) in [5, 5.41) is 10.2. The monoisotopic (exact) mass is 757 g/mol. The molecule has 1 aliphatic rings. The SMILES string of the molecule is COc1cc(C(=O)C(C(C)C)C(C)C)ccc1OCCCCCOc1ccc(C(=N)N)cc1.COc1ccc(Br)c2c1SC(OC)C(=O)N2. The van der Waals surface area contributed by atoms with E-state index in [0.29, 0.717) is 35.8 Å². The van der Waals surface area contributed by atoms with Crippen molar-refractivity contribution in [2.75, 3.05) is 39.9 Å². The summed E-state index contributed by atoms with van der Waals surface area (Å²) in [5.41, 5.74) is 7.01. The number of fused-ring (bicyclic) bond motifs is 1. The number of nitrogens with two attached hydrogens (primary N) is 1. The van der Waals surface area contributed by atoms with E-state index in [9.17, 15) is 9.59 Å². The molecular formula is C37H48BrN3O7S. The van der Waals surface area contributed by atoms with Crippen molar-refractivity contribution < 1.29 is 33.3 Å². The van der Waals surface area contributed by atoms with E-state index in [1.807, 2.05) is 36.4 Å². The molecule has 49 heavy (non-hydrogen) atoms. The zero-order valence-corrected chi connectivity index (χ0v) is 31.7. The van der Waals surface area contributed by atoms with Gasteiger partial charge in [-0.25, -0.2) is 0 Å². The van der Waals surface area contributed by atoms with Crippen molar-refractivity contribution in [2.24, 2.45) is 23.5 Å². The lowest BCUT2D eigenvalue weighted by Gasteiger charge is -2.25. The number of hydrogen-bond acceptors (Lipinski definition) is 9. The van der Waals surface area contributed by atoms with Gasteiger partial charge in [0, 0.05) is 28.6 Å². The Morgan fingerprint density at radius 2 is 1.45 bits per heavy atom. The summed E-state index contributed by atoms with van der Waals surface area (Å²) in [6.45, 7) is 9.54. The number of Topliss-reactive ketones (excluding diaryl/α,β-unsaturated/α-hetero) is 1. The van der Waals surface area contributed by atoms with Gasteiger partial charge in [-0.2, -0.15) is 0 Å². The molecule has 0 radical (unpaired) electrons. The van der Waals surface area contributed by atoms with Crippen LogP contribution in [-0.4, -0.2) is 57.5 Å². The third-order valence-corrected chi connectivity index (χ3v) is 9.78. The lowest BCUT2D eigenvalue weighted by Crippen LogP contribution is -2.30. The highest BCUT2D eigenvalue weighted by Crippen LogP contribution is 2.45. The number of amidine groups is 1. The second-order valence-corrected chi connectivity index (χ2v) is 14.0. The molecule has 1 aliphatic heterocycles. The highest BCUT2D eigenvalue weighted by atomic mass is 79.9. The fraction of sp³-hybridized carbons (Fsp3) is 0.432. The number of halogens is 1. The van der Waals surface area contributed by atoms with E-state index in [0.717, 1.165) is 45.8 Å². The number of benzene rings is 3. The number of methoxy groups -OCH3 is 3. The fourth-order valence-corrected chi connectivity index (χ4v) is 7.01. The second-order valence-electron chi connectivity index (χ2n) is 12.1. The highest BCUT2D eigenvalue weighted by Gasteiger charge is 2.30. The number of anilines is 1. The fourth-order valence-electron chi connectivity index (χ4n) is 5.42. The van der Waals surface area contributed by atoms with Gasteiger partial charge in [0.2, 0.25) is 0 Å². The topological polar surface area (TPSA) is 142 Å². The number of nitrogen functional groups attached to an aromatic ring is 1. The van der Waals surface area contributed by atoms with Crippen LogP contribution in [0.1, 0.15) is 62.9 Å². The minimum atomic E-state index is -0.532. The molecule has 4 N–H and O–H groups in total. The Labute approximate surface area is 302 Å². The molecule has 0 aliphatic carbocycles. The van der Waals surface area contributed by atoms with Crippen LogP contribution in [0, 0.1) is 23.2 Å². The average Bonchev–Trinajstić information content (AvgIpc) is 3.08. The maximum absolute atomic E-state index is 13.0. The summed E-state index contributed by atoms with van der Waals surface area (Å²) < 4.78 is 28.3. The number of nitrogens with one attached hydrogen (secondary N) is 2. The lowest BCUT2D eigenvalue weighted by molar-refractivity contribution is -0.121. The first kappa shape index (κ1) is 39.7. The predicted octanol–water partition coefficient (Wildman–Crippen LogP) is 8.19. The van der Waals surface area contributed by atoms with Crippen molar-refractivity contribution >= 4 is 50.9 Å². The molecule has 0 saturated heterocycles. The van der Waals surface area contributed by atoms with E-state index in [2.05, 4.69) is 48.9 Å². The van der Waals surface area contributed by atoms with Crippen LogP contribution in [-0.2, 0) is 9.53 Å². The normalized spacial score (nSPS) is 13.7. The molecule has 1 atom stereocenters. The van der Waals surface area contributed by atoms with Gasteiger partial charge >= 0.3 is 0 Å². The van der Waals surface area contributed by atoms with Crippen LogP contribution in [0.4, 0.5) is 5.69 Å². The van der Waals surface area contributed by atoms with Gasteiger partial charge in [-0.3, -0.25) is 15.0 Å². The first-order valence-electron chi connectivity index (χ1n) is 16.2. The van der Waals surface area contributed by atoms with E-state index in [-0.39, 0.29) is 35.3 Å². The Hall–Kier alpha value is -3.74. The highest BCUT2D eigenvalue weighted by molar-refractivity contribution is 9.10. The summed E-state index contributed by atoms with van der Waals surface area (Å²) in [7, 11) is 4.70. The quantitative estimate of drug-likeness (QED) is 0.0571. The Bertz CT molecular complexity index is 1560. The zero-order valence-electron chi connectivity index (χ0n) is 29.3. The molecule has 1 heterocycles. The Morgan fingerprint density at radius 3 is 2.02 bits per heavy atom. The third-order valence-electron chi connectivity index (χ3n) is 7.86. The number of unbranched alkanes of at least 4 members (excludes halogenated alkanes) is 2. The Balaban J connectivity index is 0.000000337. The molecule has 4 rings (SSSR count). The lowest BCUT2D eigenvalue weighted by atomic mass is 9.80. The molecule has 0 saturated carbocycles. The summed E-state index contributed by atoms with van der Waals surface area (Å²) in [6.07, 6.45) is 2.77. The van der Waals surface area contributed by atoms with Crippen molar-refractivity contribution in [1.82, 2.24) is 0 Å². The molecular weight excluding hydrogens is 710 g/mol. The van der Waals surface area contributed by atoms with E-state index >= 15 is 0 Å². The number of thioether (sulfide) groups is 1. The van der Waals surface area contributed by atoms with Crippen LogP contribution in [0.25, 0.3) is 0 Å². The van der Waals surface area contributed by atoms with Gasteiger partial charge in [0.1, 0.15) is 17.3 Å². The van der Waals surface area contributed by atoms with E-state index < -0.39 is 5.44 Å². The smallest absolute Gasteiger partial charge is 0.264 e. The predicted molar refractivity (Wildman–Crippen MR) is 199 cm³/mol. The number of ketones is 1. The van der Waals surface area contributed by atoms with E-state index in [4.69, 9.17) is 34.8 Å². The average molecular weight is 759 g/mol. The molecule has 1 unspecified atom stereocenters. The molecule has 0 bridgehead atoms. The van der Waals surface area contributed by atoms with Crippen molar-refractivity contribution in [2.45, 2.75) is 57.3 Å². The van der Waals surface area contributed by atoms with Gasteiger partial charge < -0.3 is 34.7 Å². The molecule has 266 valence electrons. The summed E-state index contributed by atoms with van der Waals surface area (Å²) >= 11 is 4.73. The van der Waals surface area contributed by atoms with Crippen LogP contribution in [0.5, 0.6) is 23.0 Å². The van der Waals surface area contributed by atoms with Gasteiger partial charge in [0.05, 0.1) is 38.0 Å². The maximum Gasteiger partial charge on any atom is 0.264 e. The number of amides is 1. The van der Waals surface area contributed by atoms with Gasteiger partial charge in [-0.05, 0) is 102 Å². The largest absolute Gasteiger partial charge is 0.496 e. The van der Waals surface area contributed by atoms with Crippen LogP contribution >= 0.6 is 27.7 Å². The minimum Gasteiger partial charge on any atom is -0.496 e. The van der Waals surface area contributed by atoms with Crippen LogP contribution in [0.15, 0.2) is 64.0 Å². The summed E-state index contributed by atoms with van der Waals surface area (Å²) in [6, 6.07) is 16.4. The molecule has 3 aromatic carbocycles. The van der Waals surface area contributed by atoms with Crippen molar-refractivity contribution in [3.05, 3.63) is 70.2 Å². The Kier molecular flexibility index (Phi) is 15.8. The van der Waals surface area contributed by atoms with Gasteiger partial charge in [-0.1, -0.05) is 39.5 Å². The summed E-state index contributed by atoms with van der Waals surface area (Å²) in [5.74, 6) is 3.33. The molecule has 0 aromatic heterocycles. The maximum atomic E-state index is 13.0. The van der Waals surface area contributed by atoms with Crippen LogP contribution in [0.2, 0.25) is 0 Å². The molecule has 3 aromatic rings.